The van der Waals surface area contributed by atoms with Crippen LogP contribution >= 0.6 is 0 Å². The number of aryl methyl sites for hydroxylation is 1. The van der Waals surface area contributed by atoms with Crippen molar-refractivity contribution in [2.75, 3.05) is 19.7 Å². The van der Waals surface area contributed by atoms with Crippen molar-refractivity contribution in [3.8, 4) is 5.75 Å². The first-order chi connectivity index (χ1) is 9.16. The summed E-state index contributed by atoms with van der Waals surface area (Å²) in [5.41, 5.74) is 1.72. The van der Waals surface area contributed by atoms with Crippen molar-refractivity contribution >= 4 is 11.8 Å². The van der Waals surface area contributed by atoms with Crippen molar-refractivity contribution in [2.45, 2.75) is 19.8 Å². The molecule has 19 heavy (non-hydrogen) atoms. The van der Waals surface area contributed by atoms with Crippen LogP contribution in [-0.2, 0) is 11.2 Å². The van der Waals surface area contributed by atoms with Gasteiger partial charge in [-0.3, -0.25) is 9.59 Å². The second-order valence-corrected chi connectivity index (χ2v) is 4.51. The Morgan fingerprint density at radius 2 is 2.05 bits per heavy atom. The molecule has 1 aromatic rings. The van der Waals surface area contributed by atoms with Crippen LogP contribution < -0.4 is 15.4 Å². The second kappa shape index (κ2) is 6.22. The van der Waals surface area contributed by atoms with E-state index in [0.29, 0.717) is 18.7 Å². The van der Waals surface area contributed by atoms with E-state index in [2.05, 4.69) is 10.6 Å². The summed E-state index contributed by atoms with van der Waals surface area (Å²) in [6.07, 6.45) is 1.93. The van der Waals surface area contributed by atoms with Gasteiger partial charge in [0.1, 0.15) is 5.75 Å². The van der Waals surface area contributed by atoms with Gasteiger partial charge in [-0.25, -0.2) is 0 Å². The smallest absolute Gasteiger partial charge is 0.251 e. The Morgan fingerprint density at radius 1 is 1.26 bits per heavy atom. The van der Waals surface area contributed by atoms with Crippen LogP contribution in [0.5, 0.6) is 5.75 Å². The van der Waals surface area contributed by atoms with Crippen LogP contribution in [0.25, 0.3) is 0 Å². The van der Waals surface area contributed by atoms with E-state index in [1.165, 1.54) is 6.92 Å². The fraction of sp³-hybridized carbons (Fsp3) is 0.429. The lowest BCUT2D eigenvalue weighted by atomic mass is 10.0. The Bertz CT molecular complexity index is 486. The summed E-state index contributed by atoms with van der Waals surface area (Å²) < 4.78 is 5.50. The molecule has 1 heterocycles. The summed E-state index contributed by atoms with van der Waals surface area (Å²) in [7, 11) is 0. The maximum absolute atomic E-state index is 11.9. The number of rotatable bonds is 4. The quantitative estimate of drug-likeness (QED) is 0.791. The minimum absolute atomic E-state index is 0.0971. The molecule has 0 bridgehead atoms. The molecule has 0 saturated carbocycles. The Hall–Kier alpha value is -2.04. The van der Waals surface area contributed by atoms with Crippen LogP contribution in [0.15, 0.2) is 18.2 Å². The molecule has 5 nitrogen and oxygen atoms in total. The molecule has 0 aliphatic carbocycles. The predicted octanol–water partition coefficient (Wildman–Crippen LogP) is 0.877. The minimum atomic E-state index is -0.126. The molecule has 2 amide bonds. The van der Waals surface area contributed by atoms with Crippen LogP contribution in [0.4, 0.5) is 0 Å². The number of amides is 2. The Balaban J connectivity index is 1.90. The van der Waals surface area contributed by atoms with Crippen molar-refractivity contribution in [1.82, 2.24) is 10.6 Å². The van der Waals surface area contributed by atoms with Gasteiger partial charge in [0.15, 0.2) is 0 Å². The van der Waals surface area contributed by atoms with Crippen LogP contribution in [-0.4, -0.2) is 31.5 Å². The van der Waals surface area contributed by atoms with E-state index >= 15 is 0 Å². The molecule has 0 aromatic heterocycles. The fourth-order valence-electron chi connectivity index (χ4n) is 2.02. The lowest BCUT2D eigenvalue weighted by molar-refractivity contribution is -0.118. The molecule has 0 unspecified atom stereocenters. The topological polar surface area (TPSA) is 67.4 Å². The van der Waals surface area contributed by atoms with Gasteiger partial charge < -0.3 is 15.4 Å². The Kier molecular flexibility index (Phi) is 4.39. The van der Waals surface area contributed by atoms with Crippen LogP contribution in [0.2, 0.25) is 0 Å². The lowest BCUT2D eigenvalue weighted by Crippen LogP contribution is -2.33. The molecule has 0 spiro atoms. The molecule has 0 fully saturated rings. The van der Waals surface area contributed by atoms with Gasteiger partial charge in [0, 0.05) is 25.6 Å². The minimum Gasteiger partial charge on any atom is -0.493 e. The van der Waals surface area contributed by atoms with Gasteiger partial charge in [-0.05, 0) is 36.6 Å². The number of carbonyl (C=O) groups excluding carboxylic acids is 2. The van der Waals surface area contributed by atoms with E-state index < -0.39 is 0 Å². The van der Waals surface area contributed by atoms with Crippen LogP contribution in [0.3, 0.4) is 0 Å². The zero-order valence-electron chi connectivity index (χ0n) is 11.0. The van der Waals surface area contributed by atoms with E-state index in [1.807, 2.05) is 12.1 Å². The van der Waals surface area contributed by atoms with Crippen molar-refractivity contribution in [3.63, 3.8) is 0 Å². The highest BCUT2D eigenvalue weighted by Crippen LogP contribution is 2.25. The number of ether oxygens (including phenoxy) is 1. The van der Waals surface area contributed by atoms with Crippen molar-refractivity contribution < 1.29 is 14.3 Å². The third-order valence-electron chi connectivity index (χ3n) is 2.96. The highest BCUT2D eigenvalue weighted by atomic mass is 16.5. The molecule has 1 aliphatic heterocycles. The fourth-order valence-corrected chi connectivity index (χ4v) is 2.02. The summed E-state index contributed by atoms with van der Waals surface area (Å²) in [6.45, 7) is 3.06. The number of nitrogens with one attached hydrogen (secondary N) is 2. The number of fused-ring (bicyclic) bond motifs is 1. The molecular weight excluding hydrogens is 244 g/mol. The number of hydrogen-bond acceptors (Lipinski definition) is 3. The molecule has 2 rings (SSSR count). The standard InChI is InChI=1S/C14H18N2O3/c1-10(17)15-6-7-16-14(18)12-4-5-13-11(9-12)3-2-8-19-13/h4-5,9H,2-3,6-8H2,1H3,(H,15,17)(H,16,18). The molecule has 5 heteroatoms. The maximum Gasteiger partial charge on any atom is 0.251 e. The molecular formula is C14H18N2O3. The number of hydrogen-bond donors (Lipinski definition) is 2. The van der Waals surface area contributed by atoms with E-state index in [-0.39, 0.29) is 11.8 Å². The highest BCUT2D eigenvalue weighted by molar-refractivity contribution is 5.94. The molecule has 0 atom stereocenters. The monoisotopic (exact) mass is 262 g/mol. The Morgan fingerprint density at radius 3 is 2.84 bits per heavy atom. The average Bonchev–Trinajstić information content (AvgIpc) is 2.42. The van der Waals surface area contributed by atoms with E-state index in [4.69, 9.17) is 4.74 Å². The third-order valence-corrected chi connectivity index (χ3v) is 2.96. The van der Waals surface area contributed by atoms with Crippen molar-refractivity contribution in [1.29, 1.82) is 0 Å². The van der Waals surface area contributed by atoms with Gasteiger partial charge in [-0.1, -0.05) is 0 Å². The van der Waals surface area contributed by atoms with Gasteiger partial charge in [-0.2, -0.15) is 0 Å². The van der Waals surface area contributed by atoms with Gasteiger partial charge >= 0.3 is 0 Å². The zero-order chi connectivity index (χ0) is 13.7. The van der Waals surface area contributed by atoms with E-state index in [0.717, 1.165) is 30.8 Å². The van der Waals surface area contributed by atoms with Crippen molar-refractivity contribution in [2.24, 2.45) is 0 Å². The third kappa shape index (κ3) is 3.71. The molecule has 0 saturated heterocycles. The number of carbonyl (C=O) groups is 2. The first-order valence-electron chi connectivity index (χ1n) is 6.45. The predicted molar refractivity (Wildman–Crippen MR) is 71.3 cm³/mol. The second-order valence-electron chi connectivity index (χ2n) is 4.51. The summed E-state index contributed by atoms with van der Waals surface area (Å²) in [5, 5.41) is 5.40. The van der Waals surface area contributed by atoms with Gasteiger partial charge in [0.25, 0.3) is 5.91 Å². The summed E-state index contributed by atoms with van der Waals surface area (Å²) >= 11 is 0. The summed E-state index contributed by atoms with van der Waals surface area (Å²) in [4.78, 5) is 22.6. The molecule has 0 radical (unpaired) electrons. The lowest BCUT2D eigenvalue weighted by Gasteiger charge is -2.17. The first kappa shape index (κ1) is 13.4. The molecule has 1 aromatic carbocycles. The largest absolute Gasteiger partial charge is 0.493 e. The molecule has 2 N–H and O–H groups in total. The van der Waals surface area contributed by atoms with Gasteiger partial charge in [0.2, 0.25) is 5.91 Å². The molecule has 102 valence electrons. The van der Waals surface area contributed by atoms with Gasteiger partial charge in [-0.15, -0.1) is 0 Å². The van der Waals surface area contributed by atoms with E-state index in [9.17, 15) is 9.59 Å². The normalized spacial score (nSPS) is 13.1. The van der Waals surface area contributed by atoms with Crippen LogP contribution in [0.1, 0.15) is 29.3 Å². The SMILES string of the molecule is CC(=O)NCCNC(=O)c1ccc2c(c1)CCCO2. The summed E-state index contributed by atoms with van der Waals surface area (Å²) in [5.74, 6) is 0.653. The average molecular weight is 262 g/mol. The first-order valence-corrected chi connectivity index (χ1v) is 6.45. The maximum atomic E-state index is 11.9. The zero-order valence-corrected chi connectivity index (χ0v) is 11.0. The Labute approximate surface area is 112 Å². The van der Waals surface area contributed by atoms with Gasteiger partial charge in [0.05, 0.1) is 6.61 Å². The summed E-state index contributed by atoms with van der Waals surface area (Å²) in [6, 6.07) is 5.48. The van der Waals surface area contributed by atoms with E-state index in [1.54, 1.807) is 6.07 Å². The highest BCUT2D eigenvalue weighted by Gasteiger charge is 2.13. The number of benzene rings is 1. The van der Waals surface area contributed by atoms with Crippen molar-refractivity contribution in [3.05, 3.63) is 29.3 Å². The molecule has 1 aliphatic rings. The van der Waals surface area contributed by atoms with Crippen LogP contribution in [0, 0.1) is 0 Å².